The lowest BCUT2D eigenvalue weighted by Crippen LogP contribution is -1.70. The molecule has 0 radical (unpaired) electrons. The van der Waals surface area contributed by atoms with Gasteiger partial charge < -0.3 is 0 Å². The van der Waals surface area contributed by atoms with Gasteiger partial charge >= 0.3 is 0 Å². The fourth-order valence-electron chi connectivity index (χ4n) is 0.645. The quantitative estimate of drug-likeness (QED) is 0.480. The minimum atomic E-state index is 1.28. The van der Waals surface area contributed by atoms with Gasteiger partial charge in [-0.25, -0.2) is 0 Å². The Kier molecular flexibility index (Phi) is 1.58. The van der Waals surface area contributed by atoms with Gasteiger partial charge in [0.05, 0.1) is 0 Å². The van der Waals surface area contributed by atoms with E-state index in [0.29, 0.717) is 0 Å². The predicted octanol–water partition coefficient (Wildman–Crippen LogP) is 2.26. The molecule has 0 saturated carbocycles. The van der Waals surface area contributed by atoms with Crippen molar-refractivity contribution in [3.8, 4) is 0 Å². The Balaban J connectivity index is 2.83. The van der Waals surface area contributed by atoms with Crippen molar-refractivity contribution in [3.05, 3.63) is 42.3 Å². The molecule has 1 aromatic carbocycles. The molecule has 0 aliphatic carbocycles. The second kappa shape index (κ2) is 2.41. The molecule has 0 aliphatic rings. The summed E-state index contributed by atoms with van der Waals surface area (Å²) in [6.07, 6.45) is 2.08. The van der Waals surface area contributed by atoms with Crippen molar-refractivity contribution in [2.24, 2.45) is 0 Å². The molecule has 1 aromatic rings. The minimum Gasteiger partial charge on any atom is -0.0356 e. The van der Waals surface area contributed by atoms with E-state index in [1.54, 1.807) is 0 Å². The Bertz CT molecular complexity index is 141. The Morgan fingerprint density at radius 2 is 1.75 bits per heavy atom. The van der Waals surface area contributed by atoms with Gasteiger partial charge in [-0.1, -0.05) is 0 Å². The summed E-state index contributed by atoms with van der Waals surface area (Å²) in [5.41, 5.74) is 1.28. The average Bonchev–Trinajstić information content (AvgIpc) is 1.90. The monoisotopic (exact) mass is 105 g/mol. The van der Waals surface area contributed by atoms with E-state index >= 15 is 0 Å². The average molecular weight is 105 g/mol. The maximum Gasteiger partial charge on any atom is 0.129 e. The Hall–Kier alpha value is -0.910. The minimum absolute atomic E-state index is 1.28. The van der Waals surface area contributed by atoms with Crippen LogP contribution in [0.5, 0.6) is 0 Å². The van der Waals surface area contributed by atoms with Crippen molar-refractivity contribution in [3.63, 3.8) is 0 Å². The van der Waals surface area contributed by atoms with Crippen LogP contribution in [0, 0.1) is 6.42 Å². The number of hydrogen-bond acceptors (Lipinski definition) is 0. The summed E-state index contributed by atoms with van der Waals surface area (Å²) in [5.74, 6) is 0. The van der Waals surface area contributed by atoms with Gasteiger partial charge in [-0.15, -0.1) is 0 Å². The van der Waals surface area contributed by atoms with Crippen LogP contribution in [0.4, 0.5) is 0 Å². The van der Waals surface area contributed by atoms with E-state index in [1.807, 2.05) is 25.1 Å². The first-order chi connectivity index (χ1) is 3.93. The highest BCUT2D eigenvalue weighted by Gasteiger charge is 1.90. The maximum absolute atomic E-state index is 2.08. The molecule has 0 heterocycles. The molecule has 1 rings (SSSR count). The third-order valence-electron chi connectivity index (χ3n) is 1.13. The second-order valence-electron chi connectivity index (χ2n) is 1.70. The van der Waals surface area contributed by atoms with Gasteiger partial charge in [0, 0.05) is 25.5 Å². The van der Waals surface area contributed by atoms with Crippen LogP contribution in [-0.4, -0.2) is 0 Å². The zero-order valence-electron chi connectivity index (χ0n) is 4.96. The van der Waals surface area contributed by atoms with Crippen molar-refractivity contribution < 1.29 is 0 Å². The largest absolute Gasteiger partial charge is 0.129 e. The summed E-state index contributed by atoms with van der Waals surface area (Å²) in [5, 5.41) is 0. The summed E-state index contributed by atoms with van der Waals surface area (Å²) in [4.78, 5) is 0. The highest BCUT2D eigenvalue weighted by atomic mass is 13.9. The van der Waals surface area contributed by atoms with Crippen molar-refractivity contribution in [2.45, 2.75) is 6.92 Å². The van der Waals surface area contributed by atoms with E-state index in [-0.39, 0.29) is 0 Å². The molecule has 0 N–H and O–H groups in total. The van der Waals surface area contributed by atoms with Crippen LogP contribution >= 0.6 is 0 Å². The molecule has 0 fully saturated rings. The number of rotatable bonds is 1. The van der Waals surface area contributed by atoms with Gasteiger partial charge in [0.2, 0.25) is 0 Å². The van der Waals surface area contributed by atoms with Crippen LogP contribution in [-0.2, 0) is 0 Å². The predicted molar refractivity (Wildman–Crippen MR) is 35.5 cm³/mol. The molecule has 0 bridgehead atoms. The van der Waals surface area contributed by atoms with Gasteiger partial charge in [0.15, 0.2) is 0 Å². The van der Waals surface area contributed by atoms with Gasteiger partial charge in [0.1, 0.15) is 5.56 Å². The molecule has 0 atom stereocenters. The summed E-state index contributed by atoms with van der Waals surface area (Å²) in [6, 6.07) is 10.3. The smallest absolute Gasteiger partial charge is 0.0356 e. The zero-order chi connectivity index (χ0) is 5.82. The van der Waals surface area contributed by atoms with Crippen LogP contribution in [0.3, 0.4) is 0 Å². The van der Waals surface area contributed by atoms with Crippen molar-refractivity contribution in [2.75, 3.05) is 0 Å². The van der Waals surface area contributed by atoms with E-state index in [9.17, 15) is 0 Å². The van der Waals surface area contributed by atoms with Crippen LogP contribution < -0.4 is 0 Å². The molecule has 0 aliphatic heterocycles. The van der Waals surface area contributed by atoms with E-state index in [1.165, 1.54) is 5.56 Å². The van der Waals surface area contributed by atoms with E-state index < -0.39 is 0 Å². The van der Waals surface area contributed by atoms with E-state index in [0.717, 1.165) is 0 Å². The number of benzene rings is 1. The summed E-state index contributed by atoms with van der Waals surface area (Å²) in [6.45, 7) is 2.04. The Labute approximate surface area is 50.2 Å². The summed E-state index contributed by atoms with van der Waals surface area (Å²) in [7, 11) is 0. The first kappa shape index (κ1) is 5.23. The first-order valence-corrected chi connectivity index (χ1v) is 2.78. The fourth-order valence-corrected chi connectivity index (χ4v) is 0.645. The summed E-state index contributed by atoms with van der Waals surface area (Å²) >= 11 is 0. The van der Waals surface area contributed by atoms with Crippen molar-refractivity contribution in [1.82, 2.24) is 0 Å². The Morgan fingerprint density at radius 3 is 2.12 bits per heavy atom. The van der Waals surface area contributed by atoms with Crippen LogP contribution in [0.2, 0.25) is 0 Å². The molecule has 40 valence electrons. The highest BCUT2D eigenvalue weighted by Crippen LogP contribution is 1.98. The van der Waals surface area contributed by atoms with Gasteiger partial charge in [-0.05, 0) is 18.2 Å². The lowest BCUT2D eigenvalue weighted by Gasteiger charge is -1.79. The molecule has 0 heteroatoms. The van der Waals surface area contributed by atoms with Crippen LogP contribution in [0.1, 0.15) is 12.5 Å². The maximum atomic E-state index is 2.08. The Morgan fingerprint density at radius 1 is 1.12 bits per heavy atom. The SMILES string of the molecule is C[CH+]c1ccccc1. The highest BCUT2D eigenvalue weighted by molar-refractivity contribution is 5.20. The molecule has 8 heavy (non-hydrogen) atoms. The molecule has 0 unspecified atom stereocenters. The second-order valence-corrected chi connectivity index (χ2v) is 1.70. The normalized spacial score (nSPS) is 8.62. The molecular formula is C8H9+. The van der Waals surface area contributed by atoms with E-state index in [2.05, 4.69) is 18.6 Å². The van der Waals surface area contributed by atoms with Gasteiger partial charge in [-0.2, -0.15) is 0 Å². The molecule has 0 nitrogen and oxygen atoms in total. The van der Waals surface area contributed by atoms with Gasteiger partial charge in [-0.3, -0.25) is 0 Å². The third-order valence-corrected chi connectivity index (χ3v) is 1.13. The molecular weight excluding hydrogens is 96.1 g/mol. The van der Waals surface area contributed by atoms with Crippen LogP contribution in [0.15, 0.2) is 30.3 Å². The molecule has 0 aromatic heterocycles. The third kappa shape index (κ3) is 1.03. The fraction of sp³-hybridized carbons (Fsp3) is 0.125. The molecule has 0 amide bonds. The lowest BCUT2D eigenvalue weighted by atomic mass is 10.2. The molecule has 0 spiro atoms. The number of hydrogen-bond donors (Lipinski definition) is 0. The topological polar surface area (TPSA) is 0 Å². The molecule has 0 saturated heterocycles. The lowest BCUT2D eigenvalue weighted by molar-refractivity contribution is 1.43. The first-order valence-electron chi connectivity index (χ1n) is 2.78. The zero-order valence-corrected chi connectivity index (χ0v) is 4.96. The van der Waals surface area contributed by atoms with Gasteiger partial charge in [0.25, 0.3) is 0 Å². The van der Waals surface area contributed by atoms with E-state index in [4.69, 9.17) is 0 Å². The van der Waals surface area contributed by atoms with Crippen LogP contribution in [0.25, 0.3) is 0 Å². The van der Waals surface area contributed by atoms with Crippen molar-refractivity contribution in [1.29, 1.82) is 0 Å². The van der Waals surface area contributed by atoms with Crippen molar-refractivity contribution >= 4 is 0 Å². The summed E-state index contributed by atoms with van der Waals surface area (Å²) < 4.78 is 0. The standard InChI is InChI=1S/C8H9/c1-2-8-6-4-3-5-7-8/h2-7H,1H3/q+1.